The zero-order valence-corrected chi connectivity index (χ0v) is 17.8. The van der Waals surface area contributed by atoms with Gasteiger partial charge in [0.05, 0.1) is 16.9 Å². The Hall–Kier alpha value is -3.05. The first-order valence-corrected chi connectivity index (χ1v) is 10.2. The molecule has 2 aromatic rings. The van der Waals surface area contributed by atoms with E-state index in [1.165, 1.54) is 6.07 Å². The standard InChI is InChI=1S/C21H25N5O2S/c1-13(2)26(14(3)4)18(27)12-29-21-15(11-22)10-17(19(23)25-21)20(28)24-16-8-6-5-7-9-16/h5-10,13-14H,12H2,1-4H3,(H2,23,25)(H,24,28). The van der Waals surface area contributed by atoms with Crippen LogP contribution in [0.5, 0.6) is 0 Å². The average Bonchev–Trinajstić information content (AvgIpc) is 2.66. The predicted octanol–water partition coefficient (Wildman–Crippen LogP) is 3.53. The van der Waals surface area contributed by atoms with Crippen molar-refractivity contribution in [2.24, 2.45) is 0 Å². The van der Waals surface area contributed by atoms with E-state index in [9.17, 15) is 14.9 Å². The number of carbonyl (C=O) groups excluding carboxylic acids is 2. The Morgan fingerprint density at radius 3 is 2.38 bits per heavy atom. The average molecular weight is 412 g/mol. The van der Waals surface area contributed by atoms with Gasteiger partial charge < -0.3 is 16.0 Å². The number of thioether (sulfide) groups is 1. The van der Waals surface area contributed by atoms with Crippen LogP contribution >= 0.6 is 11.8 Å². The highest BCUT2D eigenvalue weighted by Crippen LogP contribution is 2.25. The molecule has 0 bridgehead atoms. The summed E-state index contributed by atoms with van der Waals surface area (Å²) >= 11 is 1.14. The highest BCUT2D eigenvalue weighted by Gasteiger charge is 2.22. The van der Waals surface area contributed by atoms with Crippen LogP contribution in [-0.2, 0) is 4.79 Å². The maximum Gasteiger partial charge on any atom is 0.259 e. The van der Waals surface area contributed by atoms with E-state index in [0.717, 1.165) is 11.8 Å². The molecule has 1 aromatic heterocycles. The molecule has 0 saturated heterocycles. The van der Waals surface area contributed by atoms with E-state index in [4.69, 9.17) is 5.73 Å². The van der Waals surface area contributed by atoms with Gasteiger partial charge in [0.25, 0.3) is 5.91 Å². The minimum atomic E-state index is -0.448. The van der Waals surface area contributed by atoms with Crippen LogP contribution in [-0.4, -0.2) is 39.5 Å². The van der Waals surface area contributed by atoms with Gasteiger partial charge in [-0.05, 0) is 45.9 Å². The normalized spacial score (nSPS) is 10.7. The van der Waals surface area contributed by atoms with Crippen molar-refractivity contribution < 1.29 is 9.59 Å². The van der Waals surface area contributed by atoms with Crippen LogP contribution in [0.25, 0.3) is 0 Å². The molecule has 0 aliphatic rings. The van der Waals surface area contributed by atoms with Crippen molar-refractivity contribution in [3.8, 4) is 6.07 Å². The maximum atomic E-state index is 12.6. The molecule has 0 unspecified atom stereocenters. The second kappa shape index (κ2) is 9.94. The summed E-state index contributed by atoms with van der Waals surface area (Å²) in [4.78, 5) is 31.1. The Labute approximate surface area is 175 Å². The molecule has 0 aliphatic heterocycles. The lowest BCUT2D eigenvalue weighted by molar-refractivity contribution is -0.131. The summed E-state index contributed by atoms with van der Waals surface area (Å²) in [6, 6.07) is 12.5. The molecule has 0 atom stereocenters. The molecule has 0 radical (unpaired) electrons. The molecule has 8 heteroatoms. The molecular formula is C21H25N5O2S. The summed E-state index contributed by atoms with van der Waals surface area (Å²) in [7, 11) is 0. The van der Waals surface area contributed by atoms with Gasteiger partial charge >= 0.3 is 0 Å². The third kappa shape index (κ3) is 5.72. The van der Waals surface area contributed by atoms with Crippen molar-refractivity contribution in [2.75, 3.05) is 16.8 Å². The Balaban J connectivity index is 2.19. The van der Waals surface area contributed by atoms with E-state index in [1.807, 2.05) is 39.8 Å². The number of hydrogen-bond donors (Lipinski definition) is 2. The van der Waals surface area contributed by atoms with E-state index >= 15 is 0 Å². The number of hydrogen-bond acceptors (Lipinski definition) is 6. The second-order valence-electron chi connectivity index (χ2n) is 6.98. The lowest BCUT2D eigenvalue weighted by Crippen LogP contribution is -2.43. The molecular weight excluding hydrogens is 386 g/mol. The van der Waals surface area contributed by atoms with Gasteiger partial charge in [-0.2, -0.15) is 5.26 Å². The molecule has 0 fully saturated rings. The fourth-order valence-corrected chi connectivity index (χ4v) is 3.81. The molecule has 29 heavy (non-hydrogen) atoms. The number of nitriles is 1. The third-order valence-electron chi connectivity index (χ3n) is 4.15. The van der Waals surface area contributed by atoms with E-state index < -0.39 is 5.91 Å². The first-order chi connectivity index (χ1) is 13.7. The van der Waals surface area contributed by atoms with Gasteiger partial charge in [0.15, 0.2) is 0 Å². The summed E-state index contributed by atoms with van der Waals surface area (Å²) < 4.78 is 0. The SMILES string of the molecule is CC(C)N(C(=O)CSc1nc(N)c(C(=O)Nc2ccccc2)cc1C#N)C(C)C. The molecule has 0 aliphatic carbocycles. The number of para-hydroxylation sites is 1. The summed E-state index contributed by atoms with van der Waals surface area (Å²) in [5.74, 6) is -0.351. The molecule has 7 nitrogen and oxygen atoms in total. The molecule has 2 amide bonds. The number of rotatable bonds is 7. The number of nitrogens with zero attached hydrogens (tertiary/aromatic N) is 3. The third-order valence-corrected chi connectivity index (χ3v) is 5.12. The number of nitrogens with one attached hydrogen (secondary N) is 1. The largest absolute Gasteiger partial charge is 0.383 e. The number of nitrogens with two attached hydrogens (primary N) is 1. The van der Waals surface area contributed by atoms with Crippen LogP contribution in [0.15, 0.2) is 41.4 Å². The highest BCUT2D eigenvalue weighted by molar-refractivity contribution is 8.00. The van der Waals surface area contributed by atoms with Crippen LogP contribution in [0.3, 0.4) is 0 Å². The van der Waals surface area contributed by atoms with Gasteiger partial charge in [-0.1, -0.05) is 30.0 Å². The number of pyridine rings is 1. The molecule has 0 spiro atoms. The summed E-state index contributed by atoms with van der Waals surface area (Å²) in [6.45, 7) is 7.83. The molecule has 1 heterocycles. The van der Waals surface area contributed by atoms with Gasteiger partial charge in [0.1, 0.15) is 16.9 Å². The van der Waals surface area contributed by atoms with Crippen LogP contribution in [0.4, 0.5) is 11.5 Å². The van der Waals surface area contributed by atoms with Crippen LogP contribution < -0.4 is 11.1 Å². The van der Waals surface area contributed by atoms with Crippen molar-refractivity contribution in [3.63, 3.8) is 0 Å². The smallest absolute Gasteiger partial charge is 0.259 e. The van der Waals surface area contributed by atoms with E-state index in [2.05, 4.69) is 10.3 Å². The number of aromatic nitrogens is 1. The van der Waals surface area contributed by atoms with Gasteiger partial charge in [-0.25, -0.2) is 4.98 Å². The first-order valence-electron chi connectivity index (χ1n) is 9.25. The summed E-state index contributed by atoms with van der Waals surface area (Å²) in [5.41, 5.74) is 6.91. The fraction of sp³-hybridized carbons (Fsp3) is 0.333. The van der Waals surface area contributed by atoms with Crippen LogP contribution in [0, 0.1) is 11.3 Å². The number of amides is 2. The van der Waals surface area contributed by atoms with Crippen LogP contribution in [0.1, 0.15) is 43.6 Å². The van der Waals surface area contributed by atoms with E-state index in [1.54, 1.807) is 29.2 Å². The summed E-state index contributed by atoms with van der Waals surface area (Å²) in [5, 5.41) is 12.5. The van der Waals surface area contributed by atoms with Crippen LogP contribution in [0.2, 0.25) is 0 Å². The summed E-state index contributed by atoms with van der Waals surface area (Å²) in [6.07, 6.45) is 0. The van der Waals surface area contributed by atoms with Crippen molar-refractivity contribution in [1.82, 2.24) is 9.88 Å². The molecule has 152 valence electrons. The van der Waals surface area contributed by atoms with E-state index in [0.29, 0.717) is 10.7 Å². The molecule has 3 N–H and O–H groups in total. The first kappa shape index (κ1) is 22.2. The van der Waals surface area contributed by atoms with Gasteiger partial charge in [-0.3, -0.25) is 9.59 Å². The van der Waals surface area contributed by atoms with E-state index in [-0.39, 0.29) is 40.7 Å². The Bertz CT molecular complexity index is 915. The fourth-order valence-electron chi connectivity index (χ4n) is 2.98. The quantitative estimate of drug-likeness (QED) is 0.674. The minimum Gasteiger partial charge on any atom is -0.383 e. The number of benzene rings is 1. The highest BCUT2D eigenvalue weighted by atomic mass is 32.2. The van der Waals surface area contributed by atoms with Crippen molar-refractivity contribution in [2.45, 2.75) is 44.8 Å². The predicted molar refractivity (Wildman–Crippen MR) is 116 cm³/mol. The number of nitrogen functional groups attached to an aromatic ring is 1. The van der Waals surface area contributed by atoms with Gasteiger partial charge in [0, 0.05) is 17.8 Å². The number of anilines is 2. The maximum absolute atomic E-state index is 12.6. The topological polar surface area (TPSA) is 112 Å². The van der Waals surface area contributed by atoms with Crippen molar-refractivity contribution in [3.05, 3.63) is 47.5 Å². The molecule has 0 saturated carbocycles. The second-order valence-corrected chi connectivity index (χ2v) is 7.95. The Morgan fingerprint density at radius 1 is 1.21 bits per heavy atom. The van der Waals surface area contributed by atoms with Gasteiger partial charge in [0.2, 0.25) is 5.91 Å². The Morgan fingerprint density at radius 2 is 1.83 bits per heavy atom. The minimum absolute atomic E-state index is 0.0111. The molecule has 2 rings (SSSR count). The zero-order valence-electron chi connectivity index (χ0n) is 17.0. The number of carbonyl (C=O) groups is 2. The van der Waals surface area contributed by atoms with Gasteiger partial charge in [-0.15, -0.1) is 0 Å². The molecule has 1 aromatic carbocycles. The zero-order chi connectivity index (χ0) is 21.6. The lowest BCUT2D eigenvalue weighted by atomic mass is 10.2. The van der Waals surface area contributed by atoms with Crippen molar-refractivity contribution >= 4 is 35.1 Å². The van der Waals surface area contributed by atoms with Crippen molar-refractivity contribution in [1.29, 1.82) is 5.26 Å². The Kier molecular flexibility index (Phi) is 7.62. The lowest BCUT2D eigenvalue weighted by Gasteiger charge is -2.30. The monoisotopic (exact) mass is 411 g/mol.